The minimum absolute atomic E-state index is 0.0217. The van der Waals surface area contributed by atoms with Crippen molar-refractivity contribution in [3.8, 4) is 0 Å². The summed E-state index contributed by atoms with van der Waals surface area (Å²) >= 11 is 1.37. The average molecular weight is 289 g/mol. The Hall–Kier alpha value is -1.72. The highest BCUT2D eigenvalue weighted by Crippen LogP contribution is 2.22. The molecule has 0 aliphatic rings. The molecule has 2 aromatic rings. The Bertz CT molecular complexity index is 594. The lowest BCUT2D eigenvalue weighted by atomic mass is 10.0. The predicted octanol–water partition coefficient (Wildman–Crippen LogP) is 2.83. The van der Waals surface area contributed by atoms with Crippen molar-refractivity contribution < 1.29 is 4.79 Å². The van der Waals surface area contributed by atoms with Gasteiger partial charge in [-0.15, -0.1) is 0 Å². The van der Waals surface area contributed by atoms with Gasteiger partial charge in [0, 0.05) is 18.2 Å². The zero-order valence-electron chi connectivity index (χ0n) is 11.7. The molecule has 0 bridgehead atoms. The van der Waals surface area contributed by atoms with Crippen LogP contribution in [0.4, 0.5) is 5.13 Å². The summed E-state index contributed by atoms with van der Waals surface area (Å²) in [4.78, 5) is 17.3. The molecular weight excluding hydrogens is 270 g/mol. The van der Waals surface area contributed by atoms with E-state index in [0.29, 0.717) is 11.4 Å². The van der Waals surface area contributed by atoms with Crippen molar-refractivity contribution in [2.75, 3.05) is 11.9 Å². The lowest BCUT2D eigenvalue weighted by Crippen LogP contribution is -2.27. The molecule has 0 fully saturated rings. The molecule has 1 unspecified atom stereocenters. The van der Waals surface area contributed by atoms with Gasteiger partial charge in [0.1, 0.15) is 0 Å². The van der Waals surface area contributed by atoms with Crippen molar-refractivity contribution >= 4 is 22.3 Å². The van der Waals surface area contributed by atoms with Crippen LogP contribution in [0.3, 0.4) is 0 Å². The number of benzene rings is 1. The van der Waals surface area contributed by atoms with Crippen LogP contribution in [0, 0.1) is 6.92 Å². The molecule has 20 heavy (non-hydrogen) atoms. The van der Waals surface area contributed by atoms with Crippen molar-refractivity contribution in [3.63, 3.8) is 0 Å². The minimum atomic E-state index is 0.0217. The summed E-state index contributed by atoms with van der Waals surface area (Å²) in [5.41, 5.74) is 7.56. The standard InChI is InChI=1S/C15H19N3OS/c1-3-11(16)8-17-15-18-9-13(20-15)14(19)12-7-5-4-6-10(12)2/h4-7,9,11H,3,8,16H2,1-2H3,(H,17,18). The van der Waals surface area contributed by atoms with Crippen molar-refractivity contribution in [3.05, 3.63) is 46.5 Å². The van der Waals surface area contributed by atoms with Crippen LogP contribution in [0.5, 0.6) is 0 Å². The molecule has 1 aromatic heterocycles. The first-order chi connectivity index (χ1) is 9.61. The van der Waals surface area contributed by atoms with E-state index >= 15 is 0 Å². The molecule has 2 rings (SSSR count). The lowest BCUT2D eigenvalue weighted by Gasteiger charge is -2.08. The number of ketones is 1. The molecule has 4 nitrogen and oxygen atoms in total. The van der Waals surface area contributed by atoms with Crippen LogP contribution in [-0.2, 0) is 0 Å². The number of nitrogens with two attached hydrogens (primary N) is 1. The Morgan fingerprint density at radius 2 is 2.20 bits per heavy atom. The Morgan fingerprint density at radius 3 is 2.90 bits per heavy atom. The van der Waals surface area contributed by atoms with Gasteiger partial charge in [-0.3, -0.25) is 4.79 Å². The molecule has 0 radical (unpaired) electrons. The van der Waals surface area contributed by atoms with E-state index in [1.54, 1.807) is 6.20 Å². The van der Waals surface area contributed by atoms with Crippen LogP contribution in [-0.4, -0.2) is 23.4 Å². The lowest BCUT2D eigenvalue weighted by molar-refractivity contribution is 0.104. The topological polar surface area (TPSA) is 68.0 Å². The first-order valence-corrected chi connectivity index (χ1v) is 7.49. The zero-order chi connectivity index (χ0) is 14.5. The molecule has 0 saturated heterocycles. The maximum atomic E-state index is 12.4. The summed E-state index contributed by atoms with van der Waals surface area (Å²) < 4.78 is 0. The quantitative estimate of drug-likeness (QED) is 0.802. The summed E-state index contributed by atoms with van der Waals surface area (Å²) in [6, 6.07) is 7.69. The molecule has 3 N–H and O–H groups in total. The van der Waals surface area contributed by atoms with Gasteiger partial charge in [-0.1, -0.05) is 42.5 Å². The van der Waals surface area contributed by atoms with Crippen molar-refractivity contribution in [1.82, 2.24) is 4.98 Å². The van der Waals surface area contributed by atoms with Gasteiger partial charge in [-0.25, -0.2) is 4.98 Å². The van der Waals surface area contributed by atoms with E-state index < -0.39 is 0 Å². The van der Waals surface area contributed by atoms with Gasteiger partial charge in [0.15, 0.2) is 5.13 Å². The third kappa shape index (κ3) is 3.43. The van der Waals surface area contributed by atoms with Crippen LogP contribution in [0.25, 0.3) is 0 Å². The fourth-order valence-corrected chi connectivity index (χ4v) is 2.56. The number of rotatable bonds is 6. The van der Waals surface area contributed by atoms with Crippen LogP contribution >= 0.6 is 11.3 Å². The maximum Gasteiger partial charge on any atom is 0.204 e. The van der Waals surface area contributed by atoms with Crippen LogP contribution in [0.15, 0.2) is 30.5 Å². The highest BCUT2D eigenvalue weighted by molar-refractivity contribution is 7.17. The molecule has 0 amide bonds. The molecule has 0 spiro atoms. The minimum Gasteiger partial charge on any atom is -0.360 e. The summed E-state index contributed by atoms with van der Waals surface area (Å²) in [6.07, 6.45) is 2.53. The number of nitrogens with zero attached hydrogens (tertiary/aromatic N) is 1. The first-order valence-electron chi connectivity index (χ1n) is 6.67. The molecule has 0 aliphatic heterocycles. The average Bonchev–Trinajstić information content (AvgIpc) is 2.93. The zero-order valence-corrected chi connectivity index (χ0v) is 12.5. The number of hydrogen-bond donors (Lipinski definition) is 2. The van der Waals surface area contributed by atoms with Gasteiger partial charge in [0.25, 0.3) is 0 Å². The largest absolute Gasteiger partial charge is 0.360 e. The molecule has 1 atom stereocenters. The van der Waals surface area contributed by atoms with Crippen molar-refractivity contribution in [1.29, 1.82) is 0 Å². The molecule has 106 valence electrons. The first kappa shape index (κ1) is 14.7. The summed E-state index contributed by atoms with van der Waals surface area (Å²) in [7, 11) is 0. The molecule has 1 aromatic carbocycles. The van der Waals surface area contributed by atoms with Gasteiger partial charge in [0.05, 0.1) is 11.1 Å². The van der Waals surface area contributed by atoms with E-state index in [2.05, 4.69) is 10.3 Å². The molecular formula is C15H19N3OS. The molecule has 1 heterocycles. The molecule has 0 saturated carbocycles. The van der Waals surface area contributed by atoms with E-state index in [9.17, 15) is 4.79 Å². The van der Waals surface area contributed by atoms with E-state index in [4.69, 9.17) is 5.73 Å². The Balaban J connectivity index is 2.09. The van der Waals surface area contributed by atoms with E-state index in [1.807, 2.05) is 38.1 Å². The van der Waals surface area contributed by atoms with Gasteiger partial charge in [0.2, 0.25) is 5.78 Å². The summed E-state index contributed by atoms with van der Waals surface area (Å²) in [5.74, 6) is 0.0217. The smallest absolute Gasteiger partial charge is 0.204 e. The fraction of sp³-hybridized carbons (Fsp3) is 0.333. The Kier molecular flexibility index (Phi) is 4.87. The van der Waals surface area contributed by atoms with E-state index in [1.165, 1.54) is 11.3 Å². The Labute approximate surface area is 123 Å². The van der Waals surface area contributed by atoms with Gasteiger partial charge in [-0.2, -0.15) is 0 Å². The summed E-state index contributed by atoms with van der Waals surface area (Å²) in [6.45, 7) is 4.65. The van der Waals surface area contributed by atoms with Crippen LogP contribution in [0.1, 0.15) is 34.1 Å². The number of carbonyl (C=O) groups is 1. The number of thiazole rings is 1. The molecule has 0 aliphatic carbocycles. The monoisotopic (exact) mass is 289 g/mol. The normalized spacial score (nSPS) is 12.2. The highest BCUT2D eigenvalue weighted by atomic mass is 32.1. The van der Waals surface area contributed by atoms with Crippen LogP contribution in [0.2, 0.25) is 0 Å². The second-order valence-corrected chi connectivity index (χ2v) is 5.75. The van der Waals surface area contributed by atoms with E-state index in [0.717, 1.165) is 22.7 Å². The van der Waals surface area contributed by atoms with Crippen molar-refractivity contribution in [2.45, 2.75) is 26.3 Å². The predicted molar refractivity (Wildman–Crippen MR) is 83.5 cm³/mol. The second kappa shape index (κ2) is 6.63. The number of hydrogen-bond acceptors (Lipinski definition) is 5. The number of aromatic nitrogens is 1. The second-order valence-electron chi connectivity index (χ2n) is 4.72. The Morgan fingerprint density at radius 1 is 1.45 bits per heavy atom. The number of aryl methyl sites for hydroxylation is 1. The van der Waals surface area contributed by atoms with Gasteiger partial charge in [-0.05, 0) is 18.9 Å². The molecule has 5 heteroatoms. The summed E-state index contributed by atoms with van der Waals surface area (Å²) in [5, 5.41) is 3.91. The fourth-order valence-electron chi connectivity index (χ4n) is 1.78. The number of anilines is 1. The van der Waals surface area contributed by atoms with Gasteiger partial charge >= 0.3 is 0 Å². The third-order valence-electron chi connectivity index (χ3n) is 3.16. The van der Waals surface area contributed by atoms with E-state index in [-0.39, 0.29) is 11.8 Å². The van der Waals surface area contributed by atoms with Gasteiger partial charge < -0.3 is 11.1 Å². The van der Waals surface area contributed by atoms with Crippen molar-refractivity contribution in [2.24, 2.45) is 5.73 Å². The number of carbonyl (C=O) groups excluding carboxylic acids is 1. The third-order valence-corrected chi connectivity index (χ3v) is 4.11. The van der Waals surface area contributed by atoms with Crippen LogP contribution < -0.4 is 11.1 Å². The maximum absolute atomic E-state index is 12.4. The SMILES string of the molecule is CCC(N)CNc1ncc(C(=O)c2ccccc2C)s1. The highest BCUT2D eigenvalue weighted by Gasteiger charge is 2.14. The number of nitrogens with one attached hydrogen (secondary N) is 1.